The zero-order valence-electron chi connectivity index (χ0n) is 17.5. The number of rotatable bonds is 6. The van der Waals surface area contributed by atoms with Gasteiger partial charge in [0.1, 0.15) is 0 Å². The highest BCUT2D eigenvalue weighted by Crippen LogP contribution is 2.31. The first-order chi connectivity index (χ1) is 14.9. The van der Waals surface area contributed by atoms with Gasteiger partial charge in [-0.3, -0.25) is 9.59 Å². The Morgan fingerprint density at radius 2 is 1.84 bits per heavy atom. The molecule has 2 aromatic carbocycles. The fourth-order valence-electron chi connectivity index (χ4n) is 3.90. The van der Waals surface area contributed by atoms with Gasteiger partial charge >= 0.3 is 0 Å². The molecule has 1 atom stereocenters. The number of carbonyl (C=O) groups is 2. The SMILES string of the molecule is CN(C)Cc1ccccc1-c1ccc(N(C(=O)c2ccc(Br)s2)C2CNC(=O)C2)cc1. The van der Waals surface area contributed by atoms with Gasteiger partial charge in [-0.15, -0.1) is 11.3 Å². The quantitative estimate of drug-likeness (QED) is 0.533. The van der Waals surface area contributed by atoms with Crippen molar-refractivity contribution in [3.05, 3.63) is 74.9 Å². The highest BCUT2D eigenvalue weighted by molar-refractivity contribution is 9.11. The third kappa shape index (κ3) is 4.89. The van der Waals surface area contributed by atoms with E-state index in [1.165, 1.54) is 22.5 Å². The number of hydrogen-bond acceptors (Lipinski definition) is 4. The molecule has 31 heavy (non-hydrogen) atoms. The van der Waals surface area contributed by atoms with Gasteiger partial charge in [-0.05, 0) is 71.0 Å². The summed E-state index contributed by atoms with van der Waals surface area (Å²) in [6.45, 7) is 1.32. The van der Waals surface area contributed by atoms with E-state index in [4.69, 9.17) is 0 Å². The summed E-state index contributed by atoms with van der Waals surface area (Å²) in [5.74, 6) is -0.109. The van der Waals surface area contributed by atoms with Crippen LogP contribution in [0.4, 0.5) is 5.69 Å². The maximum atomic E-state index is 13.4. The number of carbonyl (C=O) groups excluding carboxylic acids is 2. The molecule has 3 aromatic rings. The second-order valence-electron chi connectivity index (χ2n) is 7.88. The Morgan fingerprint density at radius 3 is 2.45 bits per heavy atom. The molecule has 0 radical (unpaired) electrons. The third-order valence-corrected chi connectivity index (χ3v) is 6.90. The minimum absolute atomic E-state index is 0.0237. The number of halogens is 1. The second kappa shape index (κ2) is 9.34. The molecule has 0 spiro atoms. The summed E-state index contributed by atoms with van der Waals surface area (Å²) in [7, 11) is 4.12. The van der Waals surface area contributed by atoms with Crippen LogP contribution in [-0.4, -0.2) is 43.4 Å². The maximum Gasteiger partial charge on any atom is 0.268 e. The van der Waals surface area contributed by atoms with Crippen LogP contribution in [0.3, 0.4) is 0 Å². The molecule has 1 N–H and O–H groups in total. The van der Waals surface area contributed by atoms with Crippen molar-refractivity contribution < 1.29 is 9.59 Å². The van der Waals surface area contributed by atoms with Crippen LogP contribution >= 0.6 is 27.3 Å². The van der Waals surface area contributed by atoms with E-state index in [1.807, 2.05) is 30.3 Å². The molecule has 5 nitrogen and oxygen atoms in total. The van der Waals surface area contributed by atoms with Gasteiger partial charge in [0.15, 0.2) is 0 Å². The molecule has 1 aromatic heterocycles. The molecule has 4 rings (SSSR count). The lowest BCUT2D eigenvalue weighted by molar-refractivity contribution is -0.119. The normalized spacial score (nSPS) is 15.9. The summed E-state index contributed by atoms with van der Waals surface area (Å²) in [6.07, 6.45) is 0.311. The summed E-state index contributed by atoms with van der Waals surface area (Å²) >= 11 is 4.84. The van der Waals surface area contributed by atoms with Crippen molar-refractivity contribution in [3.8, 4) is 11.1 Å². The summed E-state index contributed by atoms with van der Waals surface area (Å²) in [6, 6.07) is 19.9. The molecule has 1 aliphatic heterocycles. The first-order valence-electron chi connectivity index (χ1n) is 10.1. The maximum absolute atomic E-state index is 13.4. The second-order valence-corrected chi connectivity index (χ2v) is 10.3. The third-order valence-electron chi connectivity index (χ3n) is 5.28. The Balaban J connectivity index is 1.67. The zero-order chi connectivity index (χ0) is 22.0. The van der Waals surface area contributed by atoms with E-state index in [0.717, 1.165) is 21.6 Å². The van der Waals surface area contributed by atoms with Crippen LogP contribution in [0.1, 0.15) is 21.7 Å². The molecule has 1 saturated heterocycles. The highest BCUT2D eigenvalue weighted by Gasteiger charge is 2.33. The number of anilines is 1. The zero-order valence-corrected chi connectivity index (χ0v) is 19.9. The summed E-state index contributed by atoms with van der Waals surface area (Å²) in [5.41, 5.74) is 4.33. The minimum Gasteiger partial charge on any atom is -0.354 e. The van der Waals surface area contributed by atoms with E-state index in [2.05, 4.69) is 70.6 Å². The molecule has 0 bridgehead atoms. The van der Waals surface area contributed by atoms with Crippen LogP contribution in [0.25, 0.3) is 11.1 Å². The first-order valence-corrected chi connectivity index (χ1v) is 11.7. The van der Waals surface area contributed by atoms with E-state index in [9.17, 15) is 9.59 Å². The van der Waals surface area contributed by atoms with Crippen molar-refractivity contribution in [1.29, 1.82) is 0 Å². The van der Waals surface area contributed by atoms with Gasteiger partial charge in [0.2, 0.25) is 5.91 Å². The van der Waals surface area contributed by atoms with Crippen molar-refractivity contribution in [3.63, 3.8) is 0 Å². The number of amides is 2. The van der Waals surface area contributed by atoms with Crippen molar-refractivity contribution >= 4 is 44.8 Å². The number of nitrogens with one attached hydrogen (secondary N) is 1. The van der Waals surface area contributed by atoms with Crippen molar-refractivity contribution in [1.82, 2.24) is 10.2 Å². The number of benzene rings is 2. The Kier molecular flexibility index (Phi) is 6.55. The lowest BCUT2D eigenvalue weighted by Gasteiger charge is -2.28. The van der Waals surface area contributed by atoms with E-state index < -0.39 is 0 Å². The molecule has 1 fully saturated rings. The van der Waals surface area contributed by atoms with Crippen molar-refractivity contribution in [2.75, 3.05) is 25.5 Å². The van der Waals surface area contributed by atoms with Crippen LogP contribution in [0.5, 0.6) is 0 Å². The highest BCUT2D eigenvalue weighted by atomic mass is 79.9. The summed E-state index contributed by atoms with van der Waals surface area (Å²) in [5, 5.41) is 2.85. The van der Waals surface area contributed by atoms with Gasteiger partial charge in [0.05, 0.1) is 14.7 Å². The van der Waals surface area contributed by atoms with Crippen molar-refractivity contribution in [2.24, 2.45) is 0 Å². The van der Waals surface area contributed by atoms with Gasteiger partial charge in [0, 0.05) is 25.2 Å². The summed E-state index contributed by atoms with van der Waals surface area (Å²) in [4.78, 5) is 29.8. The van der Waals surface area contributed by atoms with Crippen LogP contribution in [0.2, 0.25) is 0 Å². The van der Waals surface area contributed by atoms with Gasteiger partial charge in [-0.1, -0.05) is 36.4 Å². The predicted octanol–water partition coefficient (Wildman–Crippen LogP) is 4.77. The Hall–Kier alpha value is -2.48. The molecule has 160 valence electrons. The Labute approximate surface area is 194 Å². The van der Waals surface area contributed by atoms with Gasteiger partial charge in [0.25, 0.3) is 5.91 Å². The number of hydrogen-bond donors (Lipinski definition) is 1. The Morgan fingerprint density at radius 1 is 1.10 bits per heavy atom. The van der Waals surface area contributed by atoms with E-state index >= 15 is 0 Å². The smallest absolute Gasteiger partial charge is 0.268 e. The predicted molar refractivity (Wildman–Crippen MR) is 130 cm³/mol. The lowest BCUT2D eigenvalue weighted by Crippen LogP contribution is -2.41. The summed E-state index contributed by atoms with van der Waals surface area (Å²) < 4.78 is 0.907. The molecule has 7 heteroatoms. The van der Waals surface area contributed by atoms with Gasteiger partial charge in [-0.25, -0.2) is 0 Å². The standard InChI is InChI=1S/C24H24BrN3O2S/c1-27(2)15-17-5-3-4-6-20(17)16-7-9-18(10-8-16)28(19-13-23(29)26-14-19)24(30)21-11-12-22(25)31-21/h3-12,19H,13-15H2,1-2H3,(H,26,29). The molecular weight excluding hydrogens is 474 g/mol. The minimum atomic E-state index is -0.201. The van der Waals surface area contributed by atoms with Crippen LogP contribution < -0.4 is 10.2 Å². The van der Waals surface area contributed by atoms with E-state index in [1.54, 1.807) is 4.90 Å². The van der Waals surface area contributed by atoms with E-state index in [0.29, 0.717) is 17.8 Å². The first kappa shape index (κ1) is 21.7. The Bertz CT molecular complexity index is 1090. The van der Waals surface area contributed by atoms with Crippen molar-refractivity contribution in [2.45, 2.75) is 19.0 Å². The number of thiophene rings is 1. The molecule has 0 saturated carbocycles. The van der Waals surface area contributed by atoms with E-state index in [-0.39, 0.29) is 17.9 Å². The molecule has 1 aliphatic rings. The average molecular weight is 498 g/mol. The molecular formula is C24H24BrN3O2S. The van der Waals surface area contributed by atoms with Crippen LogP contribution in [0, 0.1) is 0 Å². The molecule has 2 amide bonds. The largest absolute Gasteiger partial charge is 0.354 e. The van der Waals surface area contributed by atoms with Crippen LogP contribution in [0.15, 0.2) is 64.5 Å². The average Bonchev–Trinajstić information content (AvgIpc) is 3.37. The van der Waals surface area contributed by atoms with Gasteiger partial charge in [-0.2, -0.15) is 0 Å². The monoisotopic (exact) mass is 497 g/mol. The lowest BCUT2D eigenvalue weighted by atomic mass is 9.99. The molecule has 2 heterocycles. The van der Waals surface area contributed by atoms with Gasteiger partial charge < -0.3 is 15.1 Å². The topological polar surface area (TPSA) is 52.6 Å². The fraction of sp³-hybridized carbons (Fsp3) is 0.250. The molecule has 1 unspecified atom stereocenters. The molecule has 0 aliphatic carbocycles. The fourth-order valence-corrected chi connectivity index (χ4v) is 5.22. The van der Waals surface area contributed by atoms with Crippen LogP contribution in [-0.2, 0) is 11.3 Å². The number of nitrogens with zero attached hydrogens (tertiary/aromatic N) is 2.